The summed E-state index contributed by atoms with van der Waals surface area (Å²) in [6.07, 6.45) is 0.255. The summed E-state index contributed by atoms with van der Waals surface area (Å²) in [5.41, 5.74) is -1.67. The number of benzene rings is 1. The van der Waals surface area contributed by atoms with Gasteiger partial charge in [-0.1, -0.05) is 0 Å². The molecule has 1 aromatic rings. The van der Waals surface area contributed by atoms with Gasteiger partial charge in [0, 0.05) is 11.6 Å². The number of alkyl halides is 1. The van der Waals surface area contributed by atoms with Gasteiger partial charge in [-0.25, -0.2) is 4.39 Å². The second-order valence-electron chi connectivity index (χ2n) is 2.83. The summed E-state index contributed by atoms with van der Waals surface area (Å²) in [6.45, 7) is 0. The Morgan fingerprint density at radius 1 is 1.56 bits per heavy atom. The van der Waals surface area contributed by atoms with E-state index in [-0.39, 0.29) is 11.8 Å². The largest absolute Gasteiger partial charge is 0.298 e. The highest BCUT2D eigenvalue weighted by Gasteiger charge is 2.25. The van der Waals surface area contributed by atoms with Crippen LogP contribution in [0.5, 0.6) is 0 Å². The molecule has 5 nitrogen and oxygen atoms in total. The number of Topliss-reactive ketones (excluding diaryl/α,β-unsaturated/α-hetero) is 1. The number of hydrogen-bond acceptors (Lipinski definition) is 4. The molecule has 0 radical (unpaired) electrons. The quantitative estimate of drug-likeness (QED) is 0.267. The lowest BCUT2D eigenvalue weighted by molar-refractivity contribution is -0.385. The monoisotopic (exact) mass is 245 g/mol. The summed E-state index contributed by atoms with van der Waals surface area (Å²) in [6, 6.07) is 1.58. The fraction of sp³-hybridized carbons (Fsp3) is 0.111. The second-order valence-corrected chi connectivity index (χ2v) is 3.10. The maximum Gasteiger partial charge on any atom is 0.283 e. The van der Waals surface area contributed by atoms with E-state index in [1.54, 1.807) is 0 Å². The molecule has 0 aliphatic heterocycles. The molecule has 1 rings (SSSR count). The van der Waals surface area contributed by atoms with Gasteiger partial charge < -0.3 is 0 Å². The zero-order chi connectivity index (χ0) is 12.3. The minimum atomic E-state index is -1.12. The van der Waals surface area contributed by atoms with Crippen LogP contribution in [0.4, 0.5) is 10.1 Å². The highest BCUT2D eigenvalue weighted by molar-refractivity contribution is 6.31. The first-order valence-electron chi connectivity index (χ1n) is 4.03. The van der Waals surface area contributed by atoms with E-state index in [2.05, 4.69) is 0 Å². The van der Waals surface area contributed by atoms with Crippen molar-refractivity contribution in [3.8, 4) is 0 Å². The lowest BCUT2D eigenvalue weighted by Gasteiger charge is -2.02. The Labute approximate surface area is 94.0 Å². The van der Waals surface area contributed by atoms with Crippen molar-refractivity contribution in [2.75, 3.05) is 5.88 Å². The van der Waals surface area contributed by atoms with Crippen molar-refractivity contribution in [2.24, 2.45) is 0 Å². The molecular formula is C9H5ClFNO4. The number of nitro groups is 1. The van der Waals surface area contributed by atoms with Gasteiger partial charge in [-0.2, -0.15) is 0 Å². The van der Waals surface area contributed by atoms with Crippen LogP contribution in [-0.2, 0) is 0 Å². The first-order valence-corrected chi connectivity index (χ1v) is 4.57. The third-order valence-electron chi connectivity index (χ3n) is 1.82. The normalized spacial score (nSPS) is 9.88. The van der Waals surface area contributed by atoms with Crippen LogP contribution < -0.4 is 0 Å². The molecule has 0 aliphatic carbocycles. The van der Waals surface area contributed by atoms with Crippen LogP contribution in [0.3, 0.4) is 0 Å². The van der Waals surface area contributed by atoms with Crippen LogP contribution in [0.1, 0.15) is 20.7 Å². The van der Waals surface area contributed by atoms with E-state index < -0.39 is 33.7 Å². The molecule has 0 bridgehead atoms. The van der Waals surface area contributed by atoms with Gasteiger partial charge in [0.1, 0.15) is 17.7 Å². The molecule has 0 N–H and O–H groups in total. The molecule has 0 unspecified atom stereocenters. The summed E-state index contributed by atoms with van der Waals surface area (Å²) >= 11 is 5.20. The molecule has 0 aliphatic rings. The molecule has 0 fully saturated rings. The molecule has 0 saturated carbocycles. The molecule has 0 aromatic heterocycles. The molecule has 0 atom stereocenters. The summed E-state index contributed by atoms with van der Waals surface area (Å²) < 4.78 is 13.4. The molecule has 1 aromatic carbocycles. The van der Waals surface area contributed by atoms with Gasteiger partial charge in [0.05, 0.1) is 10.8 Å². The van der Waals surface area contributed by atoms with Crippen LogP contribution in [0.15, 0.2) is 12.1 Å². The van der Waals surface area contributed by atoms with Gasteiger partial charge in [0.15, 0.2) is 5.78 Å². The van der Waals surface area contributed by atoms with Crippen LogP contribution >= 0.6 is 11.6 Å². The number of ketones is 1. The maximum atomic E-state index is 13.4. The number of hydrogen-bond donors (Lipinski definition) is 0. The van der Waals surface area contributed by atoms with E-state index in [1.807, 2.05) is 0 Å². The predicted molar refractivity (Wildman–Crippen MR) is 53.5 cm³/mol. The standard InChI is InChI=1S/C9H5ClFNO4/c10-3-8(14)9-6(11)1-5(4-13)2-7(9)12(15)16/h1-2,4H,3H2. The Hall–Kier alpha value is -1.82. The number of nitrogens with zero attached hydrogens (tertiary/aromatic N) is 1. The van der Waals surface area contributed by atoms with E-state index in [0.29, 0.717) is 0 Å². The fourth-order valence-electron chi connectivity index (χ4n) is 1.17. The third kappa shape index (κ3) is 2.22. The lowest BCUT2D eigenvalue weighted by Crippen LogP contribution is -2.09. The Balaban J connectivity index is 3.51. The topological polar surface area (TPSA) is 77.3 Å². The van der Waals surface area contributed by atoms with E-state index in [1.165, 1.54) is 0 Å². The molecule has 84 valence electrons. The number of nitro benzene ring substituents is 1. The van der Waals surface area contributed by atoms with Gasteiger partial charge in [-0.3, -0.25) is 19.7 Å². The van der Waals surface area contributed by atoms with Gasteiger partial charge in [-0.15, -0.1) is 11.6 Å². The third-order valence-corrected chi connectivity index (χ3v) is 2.07. The summed E-state index contributed by atoms with van der Waals surface area (Å²) in [5.74, 6) is -2.59. The molecule has 0 amide bonds. The van der Waals surface area contributed by atoms with Crippen molar-refractivity contribution in [1.29, 1.82) is 0 Å². The van der Waals surface area contributed by atoms with E-state index in [0.717, 1.165) is 12.1 Å². The van der Waals surface area contributed by atoms with Crippen LogP contribution in [0.2, 0.25) is 0 Å². The van der Waals surface area contributed by atoms with Crippen molar-refractivity contribution in [1.82, 2.24) is 0 Å². The summed E-state index contributed by atoms with van der Waals surface area (Å²) in [4.78, 5) is 31.2. The predicted octanol–water partition coefficient (Wildman–Crippen LogP) is 1.97. The smallest absolute Gasteiger partial charge is 0.283 e. The molecule has 16 heavy (non-hydrogen) atoms. The van der Waals surface area contributed by atoms with Crippen molar-refractivity contribution < 1.29 is 18.9 Å². The molecule has 0 heterocycles. The maximum absolute atomic E-state index is 13.4. The van der Waals surface area contributed by atoms with Gasteiger partial charge in [0.2, 0.25) is 0 Å². The SMILES string of the molecule is O=Cc1cc(F)c(C(=O)CCl)c([N+](=O)[O-])c1. The zero-order valence-electron chi connectivity index (χ0n) is 7.78. The number of rotatable bonds is 4. The minimum absolute atomic E-state index is 0.213. The van der Waals surface area contributed by atoms with E-state index in [9.17, 15) is 24.1 Å². The highest BCUT2D eigenvalue weighted by atomic mass is 35.5. The van der Waals surface area contributed by atoms with Crippen LogP contribution in [0.25, 0.3) is 0 Å². The summed E-state index contributed by atoms with van der Waals surface area (Å²) in [7, 11) is 0. The second kappa shape index (κ2) is 4.80. The van der Waals surface area contributed by atoms with Crippen LogP contribution in [-0.4, -0.2) is 22.9 Å². The van der Waals surface area contributed by atoms with E-state index in [4.69, 9.17) is 11.6 Å². The Kier molecular flexibility index (Phi) is 3.68. The molecule has 7 heteroatoms. The first kappa shape index (κ1) is 12.3. The zero-order valence-corrected chi connectivity index (χ0v) is 8.53. The lowest BCUT2D eigenvalue weighted by atomic mass is 10.1. The first-order chi connectivity index (χ1) is 7.51. The fourth-order valence-corrected chi connectivity index (χ4v) is 1.30. The van der Waals surface area contributed by atoms with E-state index >= 15 is 0 Å². The molecule has 0 spiro atoms. The van der Waals surface area contributed by atoms with Crippen molar-refractivity contribution in [3.63, 3.8) is 0 Å². The Morgan fingerprint density at radius 2 is 2.19 bits per heavy atom. The highest BCUT2D eigenvalue weighted by Crippen LogP contribution is 2.24. The Morgan fingerprint density at radius 3 is 2.62 bits per heavy atom. The molecular weight excluding hydrogens is 241 g/mol. The van der Waals surface area contributed by atoms with Gasteiger partial charge in [-0.05, 0) is 6.07 Å². The Bertz CT molecular complexity index is 475. The number of carbonyl (C=O) groups excluding carboxylic acids is 2. The van der Waals surface area contributed by atoms with Crippen molar-refractivity contribution >= 4 is 29.4 Å². The van der Waals surface area contributed by atoms with Crippen molar-refractivity contribution in [2.45, 2.75) is 0 Å². The van der Waals surface area contributed by atoms with Gasteiger partial charge in [0.25, 0.3) is 5.69 Å². The summed E-state index contributed by atoms with van der Waals surface area (Å²) in [5, 5.41) is 10.6. The number of halogens is 2. The average molecular weight is 246 g/mol. The number of aldehydes is 1. The minimum Gasteiger partial charge on any atom is -0.298 e. The average Bonchev–Trinajstić information content (AvgIpc) is 2.26. The van der Waals surface area contributed by atoms with Crippen molar-refractivity contribution in [3.05, 3.63) is 39.2 Å². The van der Waals surface area contributed by atoms with Gasteiger partial charge >= 0.3 is 0 Å². The molecule has 0 saturated heterocycles. The van der Waals surface area contributed by atoms with Crippen LogP contribution in [0, 0.1) is 15.9 Å². The number of carbonyl (C=O) groups is 2.